The van der Waals surface area contributed by atoms with Crippen molar-refractivity contribution in [3.63, 3.8) is 0 Å². The van der Waals surface area contributed by atoms with Crippen molar-refractivity contribution in [2.75, 3.05) is 0 Å². The largest absolute Gasteiger partial charge is 0.437 e. The lowest BCUT2D eigenvalue weighted by Gasteiger charge is -2.13. The topological polar surface area (TPSA) is 43.9 Å². The second kappa shape index (κ2) is 9.50. The molecule has 11 aromatic rings. The lowest BCUT2D eigenvalue weighted by Crippen LogP contribution is -2.03. The molecule has 0 saturated carbocycles. The van der Waals surface area contributed by atoms with E-state index < -0.39 is 0 Å². The number of aromatic nitrogens is 3. The molecule has 0 radical (unpaired) electrons. The number of benzene rings is 8. The van der Waals surface area contributed by atoms with Gasteiger partial charge in [-0.3, -0.25) is 4.57 Å². The van der Waals surface area contributed by atoms with Crippen molar-refractivity contribution in [3.8, 4) is 17.2 Å². The Labute approximate surface area is 274 Å². The van der Waals surface area contributed by atoms with Crippen LogP contribution in [0, 0.1) is 0 Å². The molecule has 222 valence electrons. The van der Waals surface area contributed by atoms with Gasteiger partial charge >= 0.3 is 0 Å². The van der Waals surface area contributed by atoms with Gasteiger partial charge in [0.2, 0.25) is 11.7 Å². The number of rotatable bonds is 2. The summed E-state index contributed by atoms with van der Waals surface area (Å²) in [5.74, 6) is 0.585. The minimum atomic E-state index is 0.575. The third kappa shape index (κ3) is 3.49. The van der Waals surface area contributed by atoms with Gasteiger partial charge < -0.3 is 4.42 Å². The van der Waals surface area contributed by atoms with E-state index in [1.807, 2.05) is 18.2 Å². The molecule has 48 heavy (non-hydrogen) atoms. The van der Waals surface area contributed by atoms with Crippen LogP contribution in [0.1, 0.15) is 0 Å². The van der Waals surface area contributed by atoms with E-state index in [1.165, 1.54) is 48.5 Å². The minimum Gasteiger partial charge on any atom is -0.437 e. The standard InChI is InChI=1S/C44H25N3O/c1-2-12-27-25-39-37(23-26(27)11-1)34-17-7-9-19-38(34)47(39)44-45-42(41-35-18-8-10-20-40(35)48-43(41)46-44)28-21-22-33-31-15-4-3-13-29(31)30-14-5-6-16-32(30)36(33)24-28/h1-25H. The molecule has 0 fully saturated rings. The van der Waals surface area contributed by atoms with E-state index in [1.54, 1.807) is 0 Å². The summed E-state index contributed by atoms with van der Waals surface area (Å²) in [5, 5.41) is 14.1. The second-order valence-electron chi connectivity index (χ2n) is 12.6. The van der Waals surface area contributed by atoms with E-state index >= 15 is 0 Å². The maximum atomic E-state index is 6.50. The van der Waals surface area contributed by atoms with E-state index in [0.29, 0.717) is 11.7 Å². The van der Waals surface area contributed by atoms with Gasteiger partial charge in [0.25, 0.3) is 0 Å². The van der Waals surface area contributed by atoms with E-state index in [0.717, 1.165) is 44.0 Å². The Morgan fingerprint density at radius 1 is 0.417 bits per heavy atom. The zero-order valence-corrected chi connectivity index (χ0v) is 25.7. The normalized spacial score (nSPS) is 12.2. The van der Waals surface area contributed by atoms with Crippen LogP contribution in [0.25, 0.3) is 104 Å². The average Bonchev–Trinajstić information content (AvgIpc) is 3.68. The fraction of sp³-hybridized carbons (Fsp3) is 0. The van der Waals surface area contributed by atoms with Crippen molar-refractivity contribution in [3.05, 3.63) is 152 Å². The molecule has 0 amide bonds. The van der Waals surface area contributed by atoms with Gasteiger partial charge in [-0.2, -0.15) is 4.98 Å². The van der Waals surface area contributed by atoms with Crippen LogP contribution < -0.4 is 0 Å². The van der Waals surface area contributed by atoms with Crippen molar-refractivity contribution < 1.29 is 4.42 Å². The molecule has 0 aliphatic heterocycles. The molecule has 0 N–H and O–H groups in total. The lowest BCUT2D eigenvalue weighted by molar-refractivity contribution is 0.651. The molecule has 0 bridgehead atoms. The number of para-hydroxylation sites is 2. The SMILES string of the molecule is c1ccc2cc3c(cc2c1)c1ccccc1n3-c1nc(-c2ccc3c4ccccc4c4ccccc4c3c2)c2c(n1)oc1ccccc12. The first-order valence-electron chi connectivity index (χ1n) is 16.3. The van der Waals surface area contributed by atoms with E-state index in [4.69, 9.17) is 14.4 Å². The minimum absolute atomic E-state index is 0.575. The fourth-order valence-corrected chi connectivity index (χ4v) is 7.85. The second-order valence-corrected chi connectivity index (χ2v) is 12.6. The Morgan fingerprint density at radius 2 is 1.00 bits per heavy atom. The van der Waals surface area contributed by atoms with Gasteiger partial charge in [-0.15, -0.1) is 0 Å². The summed E-state index contributed by atoms with van der Waals surface area (Å²) >= 11 is 0. The Hall–Kier alpha value is -6.52. The Balaban J connectivity index is 1.27. The fourth-order valence-electron chi connectivity index (χ4n) is 7.85. The molecule has 0 spiro atoms. The van der Waals surface area contributed by atoms with Crippen LogP contribution in [0.4, 0.5) is 0 Å². The van der Waals surface area contributed by atoms with Crippen LogP contribution >= 0.6 is 0 Å². The van der Waals surface area contributed by atoms with Gasteiger partial charge in [-0.05, 0) is 73.4 Å². The monoisotopic (exact) mass is 611 g/mol. The summed E-state index contributed by atoms with van der Waals surface area (Å²) in [4.78, 5) is 10.6. The number of hydrogen-bond donors (Lipinski definition) is 0. The van der Waals surface area contributed by atoms with Crippen LogP contribution in [-0.2, 0) is 0 Å². The Morgan fingerprint density at radius 3 is 1.75 bits per heavy atom. The molecule has 3 heterocycles. The van der Waals surface area contributed by atoms with Crippen LogP contribution in [0.15, 0.2) is 156 Å². The zero-order valence-electron chi connectivity index (χ0n) is 25.7. The van der Waals surface area contributed by atoms with Crippen LogP contribution in [0.2, 0.25) is 0 Å². The number of hydrogen-bond acceptors (Lipinski definition) is 3. The third-order valence-electron chi connectivity index (χ3n) is 9.98. The molecule has 8 aromatic carbocycles. The van der Waals surface area contributed by atoms with Crippen molar-refractivity contribution in [2.24, 2.45) is 0 Å². The summed E-state index contributed by atoms with van der Waals surface area (Å²) < 4.78 is 8.69. The quantitative estimate of drug-likeness (QED) is 0.183. The molecule has 0 aliphatic rings. The maximum Gasteiger partial charge on any atom is 0.238 e. The first-order valence-corrected chi connectivity index (χ1v) is 16.3. The number of fused-ring (bicyclic) bond motifs is 13. The van der Waals surface area contributed by atoms with Crippen LogP contribution in [-0.4, -0.2) is 14.5 Å². The summed E-state index contributed by atoms with van der Waals surface area (Å²) in [6, 6.07) is 53.9. The molecule has 3 aromatic heterocycles. The summed E-state index contributed by atoms with van der Waals surface area (Å²) in [6.07, 6.45) is 0. The molecule has 4 nitrogen and oxygen atoms in total. The molecular weight excluding hydrogens is 587 g/mol. The van der Waals surface area contributed by atoms with Crippen molar-refractivity contribution in [1.82, 2.24) is 14.5 Å². The third-order valence-corrected chi connectivity index (χ3v) is 9.98. The summed E-state index contributed by atoms with van der Waals surface area (Å²) in [6.45, 7) is 0. The number of nitrogens with zero attached hydrogens (tertiary/aromatic N) is 3. The summed E-state index contributed by atoms with van der Waals surface area (Å²) in [7, 11) is 0. The van der Waals surface area contributed by atoms with Gasteiger partial charge in [-0.1, -0.05) is 121 Å². The van der Waals surface area contributed by atoms with E-state index in [9.17, 15) is 0 Å². The number of furan rings is 1. The van der Waals surface area contributed by atoms with Crippen LogP contribution in [0.5, 0.6) is 0 Å². The first-order chi connectivity index (χ1) is 23.8. The van der Waals surface area contributed by atoms with Gasteiger partial charge in [-0.25, -0.2) is 4.98 Å². The Bertz CT molecular complexity index is 3090. The smallest absolute Gasteiger partial charge is 0.238 e. The van der Waals surface area contributed by atoms with Crippen molar-refractivity contribution in [1.29, 1.82) is 0 Å². The highest BCUT2D eigenvalue weighted by Gasteiger charge is 2.22. The summed E-state index contributed by atoms with van der Waals surface area (Å²) in [5.41, 5.74) is 5.37. The van der Waals surface area contributed by atoms with Gasteiger partial charge in [0, 0.05) is 21.7 Å². The van der Waals surface area contributed by atoms with Gasteiger partial charge in [0.05, 0.1) is 22.1 Å². The van der Waals surface area contributed by atoms with E-state index in [2.05, 4.69) is 138 Å². The van der Waals surface area contributed by atoms with Crippen molar-refractivity contribution >= 4 is 87.0 Å². The lowest BCUT2D eigenvalue weighted by atomic mass is 9.92. The maximum absolute atomic E-state index is 6.50. The van der Waals surface area contributed by atoms with E-state index in [-0.39, 0.29) is 0 Å². The molecule has 0 atom stereocenters. The Kier molecular flexibility index (Phi) is 5.08. The molecule has 11 rings (SSSR count). The molecule has 0 aliphatic carbocycles. The predicted molar refractivity (Wildman–Crippen MR) is 199 cm³/mol. The van der Waals surface area contributed by atoms with Gasteiger partial charge in [0.1, 0.15) is 5.58 Å². The molecule has 4 heteroatoms. The predicted octanol–water partition coefficient (Wildman–Crippen LogP) is 11.8. The highest BCUT2D eigenvalue weighted by atomic mass is 16.3. The highest BCUT2D eigenvalue weighted by molar-refractivity contribution is 6.26. The highest BCUT2D eigenvalue weighted by Crippen LogP contribution is 2.41. The van der Waals surface area contributed by atoms with Gasteiger partial charge in [0.15, 0.2) is 0 Å². The molecule has 0 unspecified atom stereocenters. The first kappa shape index (κ1) is 25.6. The molecular formula is C44H25N3O. The van der Waals surface area contributed by atoms with Crippen molar-refractivity contribution in [2.45, 2.75) is 0 Å². The van der Waals surface area contributed by atoms with Crippen LogP contribution in [0.3, 0.4) is 0 Å². The zero-order chi connectivity index (χ0) is 31.3. The average molecular weight is 612 g/mol. The molecule has 0 saturated heterocycles.